The number of hydrogen-bond acceptors (Lipinski definition) is 4. The average molecular weight is 423 g/mol. The fourth-order valence-electron chi connectivity index (χ4n) is 4.03. The van der Waals surface area contributed by atoms with Crippen LogP contribution in [0.3, 0.4) is 0 Å². The van der Waals surface area contributed by atoms with Crippen LogP contribution in [0.2, 0.25) is 0 Å². The Hall–Kier alpha value is -2.86. The van der Waals surface area contributed by atoms with E-state index in [1.807, 2.05) is 11.8 Å². The molecular formula is C24H26N2O3S. The van der Waals surface area contributed by atoms with Crippen molar-refractivity contribution in [2.75, 3.05) is 19.6 Å². The molecule has 0 spiro atoms. The second kappa shape index (κ2) is 8.88. The molecule has 0 aliphatic carbocycles. The van der Waals surface area contributed by atoms with Gasteiger partial charge in [-0.1, -0.05) is 36.8 Å². The molecule has 1 aliphatic heterocycles. The van der Waals surface area contributed by atoms with Crippen LogP contribution >= 0.6 is 11.3 Å². The molecule has 3 aromatic rings. The van der Waals surface area contributed by atoms with Crippen molar-refractivity contribution in [2.45, 2.75) is 32.7 Å². The summed E-state index contributed by atoms with van der Waals surface area (Å²) < 4.78 is 5.27. The van der Waals surface area contributed by atoms with Crippen LogP contribution in [0.25, 0.3) is 0 Å². The first kappa shape index (κ1) is 20.4. The van der Waals surface area contributed by atoms with Crippen LogP contribution < -0.4 is 0 Å². The highest BCUT2D eigenvalue weighted by Crippen LogP contribution is 2.38. The summed E-state index contributed by atoms with van der Waals surface area (Å²) in [4.78, 5) is 31.1. The number of thiophene rings is 1. The molecular weight excluding hydrogens is 396 g/mol. The van der Waals surface area contributed by atoms with E-state index in [1.165, 1.54) is 22.3 Å². The smallest absolute Gasteiger partial charge is 0.290 e. The minimum absolute atomic E-state index is 0.0363. The Balaban J connectivity index is 1.61. The summed E-state index contributed by atoms with van der Waals surface area (Å²) in [6.45, 7) is 5.28. The van der Waals surface area contributed by atoms with E-state index in [0.29, 0.717) is 13.1 Å². The lowest BCUT2D eigenvalue weighted by molar-refractivity contribution is -0.134. The zero-order valence-corrected chi connectivity index (χ0v) is 18.2. The SMILES string of the molecule is CCCN(CC(=O)N1CCc2sccc2C1c1ccc(C)cc1)C(=O)c1ccco1. The van der Waals surface area contributed by atoms with Crippen molar-refractivity contribution in [3.63, 3.8) is 0 Å². The lowest BCUT2D eigenvalue weighted by Gasteiger charge is -2.37. The molecule has 0 N–H and O–H groups in total. The van der Waals surface area contributed by atoms with E-state index in [1.54, 1.807) is 28.4 Å². The number of fused-ring (bicyclic) bond motifs is 1. The predicted octanol–water partition coefficient (Wildman–Crippen LogP) is 4.68. The largest absolute Gasteiger partial charge is 0.459 e. The second-order valence-electron chi connectivity index (χ2n) is 7.65. The van der Waals surface area contributed by atoms with Gasteiger partial charge in [0.2, 0.25) is 5.91 Å². The van der Waals surface area contributed by atoms with Gasteiger partial charge >= 0.3 is 0 Å². The number of rotatable bonds is 6. The Bertz CT molecular complexity index is 1010. The molecule has 1 unspecified atom stereocenters. The maximum absolute atomic E-state index is 13.4. The minimum atomic E-state index is -0.240. The molecule has 0 bridgehead atoms. The van der Waals surface area contributed by atoms with Gasteiger partial charge in [-0.25, -0.2) is 0 Å². The van der Waals surface area contributed by atoms with Crippen molar-refractivity contribution in [1.82, 2.24) is 9.80 Å². The van der Waals surface area contributed by atoms with Crippen LogP contribution in [0.15, 0.2) is 58.5 Å². The van der Waals surface area contributed by atoms with Crippen molar-refractivity contribution in [3.05, 3.63) is 81.4 Å². The van der Waals surface area contributed by atoms with Gasteiger partial charge in [0, 0.05) is 18.0 Å². The molecule has 30 heavy (non-hydrogen) atoms. The molecule has 4 rings (SSSR count). The van der Waals surface area contributed by atoms with E-state index < -0.39 is 0 Å². The van der Waals surface area contributed by atoms with E-state index in [-0.39, 0.29) is 30.2 Å². The zero-order chi connectivity index (χ0) is 21.1. The van der Waals surface area contributed by atoms with Gasteiger partial charge in [-0.2, -0.15) is 0 Å². The topological polar surface area (TPSA) is 53.8 Å². The average Bonchev–Trinajstić information content (AvgIpc) is 3.44. The molecule has 1 aromatic carbocycles. The van der Waals surface area contributed by atoms with Crippen molar-refractivity contribution >= 4 is 23.2 Å². The number of aryl methyl sites for hydroxylation is 1. The normalized spacial score (nSPS) is 15.7. The van der Waals surface area contributed by atoms with E-state index in [9.17, 15) is 9.59 Å². The number of benzene rings is 1. The minimum Gasteiger partial charge on any atom is -0.459 e. The van der Waals surface area contributed by atoms with Crippen LogP contribution in [0.5, 0.6) is 0 Å². The first-order chi connectivity index (χ1) is 14.6. The van der Waals surface area contributed by atoms with Gasteiger partial charge in [-0.15, -0.1) is 11.3 Å². The lowest BCUT2D eigenvalue weighted by Crippen LogP contribution is -2.47. The maximum atomic E-state index is 13.4. The zero-order valence-electron chi connectivity index (χ0n) is 17.3. The van der Waals surface area contributed by atoms with Crippen LogP contribution in [0.1, 0.15) is 51.5 Å². The monoisotopic (exact) mass is 422 g/mol. The molecule has 0 fully saturated rings. The van der Waals surface area contributed by atoms with E-state index in [4.69, 9.17) is 4.42 Å². The Morgan fingerprint density at radius 1 is 1.20 bits per heavy atom. The van der Waals surface area contributed by atoms with Gasteiger partial charge in [0.05, 0.1) is 12.3 Å². The maximum Gasteiger partial charge on any atom is 0.290 e. The highest BCUT2D eigenvalue weighted by Gasteiger charge is 2.34. The molecule has 1 atom stereocenters. The van der Waals surface area contributed by atoms with Gasteiger partial charge < -0.3 is 14.2 Å². The number of hydrogen-bond donors (Lipinski definition) is 0. The first-order valence-corrected chi connectivity index (χ1v) is 11.2. The summed E-state index contributed by atoms with van der Waals surface area (Å²) in [6.07, 6.45) is 3.10. The van der Waals surface area contributed by atoms with Crippen molar-refractivity contribution in [1.29, 1.82) is 0 Å². The van der Waals surface area contributed by atoms with E-state index >= 15 is 0 Å². The van der Waals surface area contributed by atoms with Crippen molar-refractivity contribution in [2.24, 2.45) is 0 Å². The summed E-state index contributed by atoms with van der Waals surface area (Å²) in [6, 6.07) is 13.7. The van der Waals surface area contributed by atoms with Gasteiger partial charge in [0.1, 0.15) is 6.54 Å². The molecule has 3 heterocycles. The molecule has 5 nitrogen and oxygen atoms in total. The van der Waals surface area contributed by atoms with Gasteiger partial charge in [-0.05, 0) is 54.5 Å². The Morgan fingerprint density at radius 2 is 2.00 bits per heavy atom. The lowest BCUT2D eigenvalue weighted by atomic mass is 9.92. The molecule has 156 valence electrons. The third kappa shape index (κ3) is 4.05. The van der Waals surface area contributed by atoms with Gasteiger partial charge in [-0.3, -0.25) is 9.59 Å². The molecule has 0 saturated heterocycles. The Labute approximate surface area is 180 Å². The van der Waals surface area contributed by atoms with Gasteiger partial charge in [0.25, 0.3) is 5.91 Å². The van der Waals surface area contributed by atoms with Crippen molar-refractivity contribution in [3.8, 4) is 0 Å². The molecule has 1 aliphatic rings. The van der Waals surface area contributed by atoms with Crippen LogP contribution in [0.4, 0.5) is 0 Å². The third-order valence-corrected chi connectivity index (χ3v) is 6.51. The first-order valence-electron chi connectivity index (χ1n) is 10.3. The summed E-state index contributed by atoms with van der Waals surface area (Å²) in [7, 11) is 0. The fourth-order valence-corrected chi connectivity index (χ4v) is 4.93. The van der Waals surface area contributed by atoms with Crippen LogP contribution in [-0.2, 0) is 11.2 Å². The highest BCUT2D eigenvalue weighted by atomic mass is 32.1. The predicted molar refractivity (Wildman–Crippen MR) is 118 cm³/mol. The number of nitrogens with zero attached hydrogens (tertiary/aromatic N) is 2. The van der Waals surface area contributed by atoms with E-state index in [2.05, 4.69) is 42.6 Å². The molecule has 2 amide bonds. The highest BCUT2D eigenvalue weighted by molar-refractivity contribution is 7.10. The van der Waals surface area contributed by atoms with E-state index in [0.717, 1.165) is 18.4 Å². The molecule has 0 saturated carbocycles. The quantitative estimate of drug-likeness (QED) is 0.580. The van der Waals surface area contributed by atoms with Gasteiger partial charge in [0.15, 0.2) is 5.76 Å². The van der Waals surface area contributed by atoms with Crippen LogP contribution in [-0.4, -0.2) is 41.2 Å². The fraction of sp³-hybridized carbons (Fsp3) is 0.333. The number of carbonyl (C=O) groups excluding carboxylic acids is 2. The van der Waals surface area contributed by atoms with Crippen LogP contribution in [0, 0.1) is 6.92 Å². The number of furan rings is 1. The number of carbonyl (C=O) groups is 2. The Kier molecular flexibility index (Phi) is 6.04. The third-order valence-electron chi connectivity index (χ3n) is 5.52. The Morgan fingerprint density at radius 3 is 2.70 bits per heavy atom. The summed E-state index contributed by atoms with van der Waals surface area (Å²) in [5.41, 5.74) is 3.49. The standard InChI is InChI=1S/C24H26N2O3S/c1-3-12-25(24(28)20-5-4-14-29-20)16-22(27)26-13-10-21-19(11-15-30-21)23(26)18-8-6-17(2)7-9-18/h4-9,11,14-15,23H,3,10,12-13,16H2,1-2H3. The summed E-state index contributed by atoms with van der Waals surface area (Å²) in [5.74, 6) is -0.00815. The second-order valence-corrected chi connectivity index (χ2v) is 8.65. The molecule has 6 heteroatoms. The molecule has 0 radical (unpaired) electrons. The summed E-state index contributed by atoms with van der Waals surface area (Å²) in [5, 5.41) is 2.10. The summed E-state index contributed by atoms with van der Waals surface area (Å²) >= 11 is 1.75. The molecule has 2 aromatic heterocycles. The van der Waals surface area contributed by atoms with Crippen molar-refractivity contribution < 1.29 is 14.0 Å². The number of amides is 2.